The van der Waals surface area contributed by atoms with Gasteiger partial charge in [0.1, 0.15) is 5.60 Å². The van der Waals surface area contributed by atoms with Crippen molar-refractivity contribution in [3.05, 3.63) is 35.9 Å². The van der Waals surface area contributed by atoms with Gasteiger partial charge in [-0.2, -0.15) is 5.26 Å². The Labute approximate surface area is 172 Å². The van der Waals surface area contributed by atoms with Crippen LogP contribution in [-0.4, -0.2) is 42.3 Å². The molecule has 1 heterocycles. The van der Waals surface area contributed by atoms with E-state index in [1.54, 1.807) is 4.90 Å². The van der Waals surface area contributed by atoms with Gasteiger partial charge in [-0.15, -0.1) is 0 Å². The number of amides is 1. The molecule has 26 heavy (non-hydrogen) atoms. The van der Waals surface area contributed by atoms with E-state index in [-0.39, 0.29) is 12.2 Å². The van der Waals surface area contributed by atoms with Gasteiger partial charge in [0.05, 0.1) is 34.5 Å². The summed E-state index contributed by atoms with van der Waals surface area (Å²) >= 11 is 2.08. The standard InChI is InChI=1S/C9H16INO3S.C9H10N2/c1-9(2,3)13-8(12)11-5-4-7(6-11)14-15-10;10-6-7-11-8-9-4-2-1-3-5-9/h7H,4-6H2,1-3H3;1-5,11H,7-8H2. The van der Waals surface area contributed by atoms with Gasteiger partial charge in [0.2, 0.25) is 0 Å². The molecule has 8 heteroatoms. The summed E-state index contributed by atoms with van der Waals surface area (Å²) in [6.07, 6.45) is 0.779. The van der Waals surface area contributed by atoms with Gasteiger partial charge in [0.25, 0.3) is 0 Å². The Hall–Kier alpha value is -1.02. The number of nitrogens with one attached hydrogen (secondary N) is 1. The summed E-state index contributed by atoms with van der Waals surface area (Å²) in [5.74, 6) is 0. The van der Waals surface area contributed by atoms with Crippen LogP contribution in [0.15, 0.2) is 30.3 Å². The van der Waals surface area contributed by atoms with Crippen LogP contribution in [-0.2, 0) is 15.5 Å². The number of hydrogen-bond acceptors (Lipinski definition) is 6. The van der Waals surface area contributed by atoms with Gasteiger partial charge < -0.3 is 19.1 Å². The Bertz CT molecular complexity index is 575. The normalized spacial score (nSPS) is 16.4. The van der Waals surface area contributed by atoms with Crippen LogP contribution in [0.5, 0.6) is 0 Å². The maximum absolute atomic E-state index is 11.7. The molecule has 6 nitrogen and oxygen atoms in total. The molecular formula is C18H26IN3O3S. The van der Waals surface area contributed by atoms with E-state index >= 15 is 0 Å². The van der Waals surface area contributed by atoms with E-state index in [4.69, 9.17) is 14.2 Å². The monoisotopic (exact) mass is 491 g/mol. The molecule has 0 aromatic heterocycles. The molecule has 144 valence electrons. The third-order valence-corrected chi connectivity index (χ3v) is 4.31. The molecule has 1 aromatic rings. The molecule has 0 saturated carbocycles. The third kappa shape index (κ3) is 10.2. The van der Waals surface area contributed by atoms with Crippen molar-refractivity contribution < 1.29 is 13.7 Å². The average molecular weight is 491 g/mol. The maximum atomic E-state index is 11.7. The first kappa shape index (κ1) is 23.0. The quantitative estimate of drug-likeness (QED) is 0.287. The fraction of sp³-hybridized carbons (Fsp3) is 0.556. The minimum atomic E-state index is -0.423. The number of hydrogen-bond donors (Lipinski definition) is 1. The molecule has 1 unspecified atom stereocenters. The summed E-state index contributed by atoms with van der Waals surface area (Å²) in [5, 5.41) is 11.2. The number of nitriles is 1. The topological polar surface area (TPSA) is 74.6 Å². The van der Waals surface area contributed by atoms with Crippen molar-refractivity contribution in [2.45, 2.75) is 45.4 Å². The average Bonchev–Trinajstić information content (AvgIpc) is 3.05. The van der Waals surface area contributed by atoms with Gasteiger partial charge in [-0.05, 0) is 32.8 Å². The van der Waals surface area contributed by atoms with Crippen molar-refractivity contribution in [3.63, 3.8) is 0 Å². The lowest BCUT2D eigenvalue weighted by molar-refractivity contribution is 0.0279. The number of benzene rings is 1. The van der Waals surface area contributed by atoms with E-state index in [0.717, 1.165) is 19.5 Å². The van der Waals surface area contributed by atoms with Gasteiger partial charge >= 0.3 is 6.09 Å². The van der Waals surface area contributed by atoms with Crippen molar-refractivity contribution in [1.82, 2.24) is 10.2 Å². The molecule has 1 fully saturated rings. The number of carbonyl (C=O) groups excluding carboxylic acids is 1. The number of rotatable bonds is 5. The van der Waals surface area contributed by atoms with Gasteiger partial charge in [-0.1, -0.05) is 30.3 Å². The van der Waals surface area contributed by atoms with Crippen LogP contribution in [0.2, 0.25) is 0 Å². The van der Waals surface area contributed by atoms with E-state index in [2.05, 4.69) is 26.5 Å². The fourth-order valence-electron chi connectivity index (χ4n) is 2.21. The van der Waals surface area contributed by atoms with Gasteiger partial charge in [-0.3, -0.25) is 0 Å². The second-order valence-corrected chi connectivity index (χ2v) is 8.14. The first-order valence-corrected chi connectivity index (χ1v) is 11.7. The maximum Gasteiger partial charge on any atom is 0.410 e. The zero-order valence-corrected chi connectivity index (χ0v) is 18.4. The summed E-state index contributed by atoms with van der Waals surface area (Å²) in [7, 11) is 1.32. The van der Waals surface area contributed by atoms with Crippen LogP contribution in [0.1, 0.15) is 32.8 Å². The number of ether oxygens (including phenoxy) is 1. The second kappa shape index (κ2) is 12.4. The zero-order chi connectivity index (χ0) is 19.4. The molecule has 1 aliphatic heterocycles. The molecule has 0 spiro atoms. The fourth-order valence-corrected chi connectivity index (χ4v) is 3.35. The lowest BCUT2D eigenvalue weighted by atomic mass is 10.2. The van der Waals surface area contributed by atoms with Crippen molar-refractivity contribution in [2.75, 3.05) is 19.6 Å². The SMILES string of the molecule is CC(C)(C)OC(=O)N1CCC(OSI)C1.N#CCNCc1ccccc1. The van der Waals surface area contributed by atoms with Crippen LogP contribution < -0.4 is 5.32 Å². The lowest BCUT2D eigenvalue weighted by Crippen LogP contribution is -2.35. The Kier molecular flexibility index (Phi) is 11.0. The molecule has 1 amide bonds. The number of likely N-dealkylation sites (tertiary alicyclic amines) is 1. The summed E-state index contributed by atoms with van der Waals surface area (Å²) in [4.78, 5) is 13.3. The van der Waals surface area contributed by atoms with Crippen LogP contribution in [0.3, 0.4) is 0 Å². The van der Waals surface area contributed by atoms with Crippen LogP contribution in [0, 0.1) is 11.3 Å². The highest BCUT2D eigenvalue weighted by Crippen LogP contribution is 2.23. The summed E-state index contributed by atoms with van der Waals surface area (Å²) in [6, 6.07) is 12.0. The van der Waals surface area contributed by atoms with Crippen molar-refractivity contribution in [1.29, 1.82) is 5.26 Å². The molecule has 1 aliphatic rings. The van der Waals surface area contributed by atoms with E-state index in [0.29, 0.717) is 13.1 Å². The van der Waals surface area contributed by atoms with Gasteiger partial charge in [-0.25, -0.2) is 4.79 Å². The summed E-state index contributed by atoms with van der Waals surface area (Å²) in [6.45, 7) is 8.14. The zero-order valence-electron chi connectivity index (χ0n) is 15.4. The number of nitrogens with zero attached hydrogens (tertiary/aromatic N) is 2. The predicted molar refractivity (Wildman–Crippen MR) is 113 cm³/mol. The van der Waals surface area contributed by atoms with E-state index in [1.807, 2.05) is 57.2 Å². The smallest absolute Gasteiger partial charge is 0.410 e. The molecule has 1 atom stereocenters. The van der Waals surface area contributed by atoms with E-state index < -0.39 is 5.60 Å². The van der Waals surface area contributed by atoms with E-state index in [9.17, 15) is 4.79 Å². The minimum absolute atomic E-state index is 0.138. The van der Waals surface area contributed by atoms with Crippen molar-refractivity contribution in [2.24, 2.45) is 0 Å². The Morgan fingerprint density at radius 3 is 2.69 bits per heavy atom. The first-order valence-electron chi connectivity index (χ1n) is 8.39. The molecule has 1 saturated heterocycles. The lowest BCUT2D eigenvalue weighted by Gasteiger charge is -2.24. The summed E-state index contributed by atoms with van der Waals surface area (Å²) < 4.78 is 10.6. The van der Waals surface area contributed by atoms with Crippen molar-refractivity contribution in [3.8, 4) is 6.07 Å². The highest BCUT2D eigenvalue weighted by Gasteiger charge is 2.30. The van der Waals surface area contributed by atoms with Gasteiger partial charge in [0, 0.05) is 34.3 Å². The molecule has 1 aromatic carbocycles. The number of halogens is 1. The van der Waals surface area contributed by atoms with Gasteiger partial charge in [0.15, 0.2) is 0 Å². The van der Waals surface area contributed by atoms with E-state index in [1.165, 1.54) is 14.8 Å². The molecule has 2 rings (SSSR count). The highest BCUT2D eigenvalue weighted by atomic mass is 127. The number of carbonyl (C=O) groups is 1. The molecule has 0 radical (unpaired) electrons. The summed E-state index contributed by atoms with van der Waals surface area (Å²) in [5.41, 5.74) is 0.788. The molecule has 0 aliphatic carbocycles. The third-order valence-electron chi connectivity index (χ3n) is 3.35. The Morgan fingerprint density at radius 2 is 2.12 bits per heavy atom. The first-order chi connectivity index (χ1) is 12.4. The highest BCUT2D eigenvalue weighted by molar-refractivity contribution is 14.2. The second-order valence-electron chi connectivity index (χ2n) is 6.74. The Morgan fingerprint density at radius 1 is 1.42 bits per heavy atom. The van der Waals surface area contributed by atoms with Crippen LogP contribution in [0.25, 0.3) is 0 Å². The van der Waals surface area contributed by atoms with Crippen LogP contribution in [0.4, 0.5) is 4.79 Å². The van der Waals surface area contributed by atoms with Crippen molar-refractivity contribution >= 4 is 36.5 Å². The molecular weight excluding hydrogens is 465 g/mol. The molecule has 0 bridgehead atoms. The molecule has 1 N–H and O–H groups in total. The largest absolute Gasteiger partial charge is 0.444 e. The Balaban J connectivity index is 0.000000273. The minimum Gasteiger partial charge on any atom is -0.444 e. The van der Waals surface area contributed by atoms with Crippen LogP contribution >= 0.6 is 30.4 Å². The predicted octanol–water partition coefficient (Wildman–Crippen LogP) is 4.31.